The zero-order valence-corrected chi connectivity index (χ0v) is 11.6. The summed E-state index contributed by atoms with van der Waals surface area (Å²) in [6.45, 7) is 6.05. The number of rotatable bonds is 5. The van der Waals surface area contributed by atoms with Gasteiger partial charge in [0.2, 0.25) is 11.9 Å². The Labute approximate surface area is 108 Å². The van der Waals surface area contributed by atoms with Gasteiger partial charge in [-0.15, -0.1) is 0 Å². The Balaban J connectivity index is 2.74. The molecule has 0 saturated heterocycles. The fourth-order valence-electron chi connectivity index (χ4n) is 1.52. The zero-order chi connectivity index (χ0) is 13.7. The minimum atomic E-state index is -0.0187. The first-order chi connectivity index (χ1) is 8.42. The molecule has 0 aliphatic heterocycles. The van der Waals surface area contributed by atoms with Crippen LogP contribution in [0.15, 0.2) is 6.07 Å². The second-order valence-electron chi connectivity index (χ2n) is 4.52. The van der Waals surface area contributed by atoms with Gasteiger partial charge in [-0.2, -0.15) is 4.98 Å². The van der Waals surface area contributed by atoms with Crippen molar-refractivity contribution in [2.75, 3.05) is 30.9 Å². The molecule has 0 aliphatic carbocycles. The van der Waals surface area contributed by atoms with E-state index in [9.17, 15) is 4.79 Å². The Morgan fingerprint density at radius 1 is 1.44 bits per heavy atom. The third-order valence-electron chi connectivity index (χ3n) is 2.29. The second kappa shape index (κ2) is 6.18. The summed E-state index contributed by atoms with van der Waals surface area (Å²) in [5, 5.41) is 5.75. The smallest absolute Gasteiger partial charge is 0.239 e. The average Bonchev–Trinajstić information content (AvgIpc) is 2.26. The molecule has 1 aromatic heterocycles. The van der Waals surface area contributed by atoms with Crippen LogP contribution in [0.2, 0.25) is 0 Å². The van der Waals surface area contributed by atoms with Gasteiger partial charge in [0.1, 0.15) is 5.82 Å². The number of likely N-dealkylation sites (N-methyl/N-ethyl adjacent to an activating group) is 1. The predicted molar refractivity (Wildman–Crippen MR) is 72.9 cm³/mol. The van der Waals surface area contributed by atoms with Gasteiger partial charge in [0.05, 0.1) is 6.54 Å². The molecule has 1 aromatic rings. The number of hydrogen-bond acceptors (Lipinski definition) is 5. The molecule has 18 heavy (non-hydrogen) atoms. The minimum absolute atomic E-state index is 0.0187. The zero-order valence-electron chi connectivity index (χ0n) is 11.6. The lowest BCUT2D eigenvalue weighted by Gasteiger charge is -2.19. The molecule has 6 heteroatoms. The highest BCUT2D eigenvalue weighted by molar-refractivity contribution is 5.81. The maximum absolute atomic E-state index is 11.7. The number of nitrogens with one attached hydrogen (secondary N) is 2. The summed E-state index contributed by atoms with van der Waals surface area (Å²) in [6, 6.07) is 2.00. The number of nitrogens with zero attached hydrogens (tertiary/aromatic N) is 3. The monoisotopic (exact) mass is 251 g/mol. The topological polar surface area (TPSA) is 70.2 Å². The Bertz CT molecular complexity index is 419. The number of anilines is 2. The van der Waals surface area contributed by atoms with Crippen molar-refractivity contribution in [2.24, 2.45) is 0 Å². The number of aryl methyl sites for hydroxylation is 1. The van der Waals surface area contributed by atoms with Crippen LogP contribution in [0.25, 0.3) is 0 Å². The van der Waals surface area contributed by atoms with E-state index in [1.807, 2.05) is 33.9 Å². The van der Waals surface area contributed by atoms with Crippen LogP contribution in [0.1, 0.15) is 19.5 Å². The van der Waals surface area contributed by atoms with Crippen LogP contribution < -0.4 is 15.5 Å². The van der Waals surface area contributed by atoms with E-state index in [-0.39, 0.29) is 18.5 Å². The van der Waals surface area contributed by atoms with E-state index in [4.69, 9.17) is 0 Å². The third-order valence-corrected chi connectivity index (χ3v) is 2.29. The molecule has 6 nitrogen and oxygen atoms in total. The van der Waals surface area contributed by atoms with E-state index < -0.39 is 0 Å². The quantitative estimate of drug-likeness (QED) is 0.809. The largest absolute Gasteiger partial charge is 0.357 e. The molecule has 0 bridgehead atoms. The fraction of sp³-hybridized carbons (Fsp3) is 0.583. The summed E-state index contributed by atoms with van der Waals surface area (Å²) in [6.07, 6.45) is 0. The fourth-order valence-corrected chi connectivity index (χ4v) is 1.52. The molecule has 2 N–H and O–H groups in total. The maximum Gasteiger partial charge on any atom is 0.239 e. The van der Waals surface area contributed by atoms with Crippen molar-refractivity contribution in [2.45, 2.75) is 26.8 Å². The SMILES string of the molecule is CNc1nc(C)cc(N(C)CC(=O)NC(C)C)n1. The molecule has 0 saturated carbocycles. The van der Waals surface area contributed by atoms with Gasteiger partial charge >= 0.3 is 0 Å². The van der Waals surface area contributed by atoms with Crippen molar-refractivity contribution < 1.29 is 4.79 Å². The molecule has 1 rings (SSSR count). The summed E-state index contributed by atoms with van der Waals surface area (Å²) >= 11 is 0. The maximum atomic E-state index is 11.7. The van der Waals surface area contributed by atoms with Gasteiger partial charge in [0.25, 0.3) is 0 Å². The Hall–Kier alpha value is -1.85. The van der Waals surface area contributed by atoms with Crippen LogP contribution in [0.4, 0.5) is 11.8 Å². The summed E-state index contributed by atoms with van der Waals surface area (Å²) in [7, 11) is 3.60. The highest BCUT2D eigenvalue weighted by atomic mass is 16.2. The van der Waals surface area contributed by atoms with Gasteiger partial charge < -0.3 is 15.5 Å². The lowest BCUT2D eigenvalue weighted by molar-refractivity contribution is -0.120. The first-order valence-corrected chi connectivity index (χ1v) is 5.96. The van der Waals surface area contributed by atoms with Crippen LogP contribution in [0.3, 0.4) is 0 Å². The molecule has 1 amide bonds. The second-order valence-corrected chi connectivity index (χ2v) is 4.52. The first-order valence-electron chi connectivity index (χ1n) is 5.96. The Kier molecular flexibility index (Phi) is 4.88. The molecule has 0 atom stereocenters. The molecule has 100 valence electrons. The van der Waals surface area contributed by atoms with Gasteiger partial charge in [-0.1, -0.05) is 0 Å². The van der Waals surface area contributed by atoms with E-state index in [0.717, 1.165) is 11.5 Å². The molecule has 0 radical (unpaired) electrons. The van der Waals surface area contributed by atoms with Gasteiger partial charge in [0.15, 0.2) is 0 Å². The van der Waals surface area contributed by atoms with E-state index >= 15 is 0 Å². The average molecular weight is 251 g/mol. The Morgan fingerprint density at radius 2 is 2.11 bits per heavy atom. The molecule has 0 unspecified atom stereocenters. The molecule has 0 aromatic carbocycles. The van der Waals surface area contributed by atoms with Crippen LogP contribution >= 0.6 is 0 Å². The highest BCUT2D eigenvalue weighted by Crippen LogP contribution is 2.12. The highest BCUT2D eigenvalue weighted by Gasteiger charge is 2.11. The molecule has 0 spiro atoms. The van der Waals surface area contributed by atoms with Gasteiger partial charge in [0, 0.05) is 31.9 Å². The summed E-state index contributed by atoms with van der Waals surface area (Å²) in [5.74, 6) is 1.27. The third kappa shape index (κ3) is 4.20. The van der Waals surface area contributed by atoms with Crippen molar-refractivity contribution in [3.8, 4) is 0 Å². The normalized spacial score (nSPS) is 10.3. The first kappa shape index (κ1) is 14.2. The number of hydrogen-bond donors (Lipinski definition) is 2. The summed E-state index contributed by atoms with van der Waals surface area (Å²) < 4.78 is 0. The van der Waals surface area contributed by atoms with Gasteiger partial charge in [-0.25, -0.2) is 4.98 Å². The molecular weight excluding hydrogens is 230 g/mol. The number of aromatic nitrogens is 2. The predicted octanol–water partition coefficient (Wildman–Crippen LogP) is 0.788. The lowest BCUT2D eigenvalue weighted by atomic mass is 10.3. The van der Waals surface area contributed by atoms with E-state index in [1.165, 1.54) is 0 Å². The molecule has 0 fully saturated rings. The molecular formula is C12H21N5O. The van der Waals surface area contributed by atoms with Crippen LogP contribution in [0.5, 0.6) is 0 Å². The number of amides is 1. The van der Waals surface area contributed by atoms with Crippen molar-refractivity contribution in [3.63, 3.8) is 0 Å². The van der Waals surface area contributed by atoms with Gasteiger partial charge in [-0.05, 0) is 20.8 Å². The molecule has 0 aliphatic rings. The molecule has 1 heterocycles. The van der Waals surface area contributed by atoms with Crippen molar-refractivity contribution in [1.29, 1.82) is 0 Å². The summed E-state index contributed by atoms with van der Waals surface area (Å²) in [5.41, 5.74) is 0.862. The van der Waals surface area contributed by atoms with E-state index in [0.29, 0.717) is 5.95 Å². The van der Waals surface area contributed by atoms with Crippen molar-refractivity contribution >= 4 is 17.7 Å². The van der Waals surface area contributed by atoms with Crippen molar-refractivity contribution in [3.05, 3.63) is 11.8 Å². The lowest BCUT2D eigenvalue weighted by Crippen LogP contribution is -2.38. The van der Waals surface area contributed by atoms with E-state index in [1.54, 1.807) is 11.9 Å². The van der Waals surface area contributed by atoms with Crippen molar-refractivity contribution in [1.82, 2.24) is 15.3 Å². The standard InChI is InChI=1S/C12H21N5O/c1-8(2)14-11(18)7-17(5)10-6-9(3)15-12(13-4)16-10/h6,8H,7H2,1-5H3,(H,14,18)(H,13,15,16). The van der Waals surface area contributed by atoms with Crippen LogP contribution in [-0.2, 0) is 4.79 Å². The van der Waals surface area contributed by atoms with Gasteiger partial charge in [-0.3, -0.25) is 4.79 Å². The summed E-state index contributed by atoms with van der Waals surface area (Å²) in [4.78, 5) is 22.0. The number of carbonyl (C=O) groups excluding carboxylic acids is 1. The minimum Gasteiger partial charge on any atom is -0.357 e. The van der Waals surface area contributed by atoms with Crippen LogP contribution in [0, 0.1) is 6.92 Å². The van der Waals surface area contributed by atoms with E-state index in [2.05, 4.69) is 20.6 Å². The Morgan fingerprint density at radius 3 is 2.67 bits per heavy atom. The number of carbonyl (C=O) groups is 1. The van der Waals surface area contributed by atoms with Crippen LogP contribution in [-0.4, -0.2) is 42.6 Å².